The summed E-state index contributed by atoms with van der Waals surface area (Å²) in [5, 5.41) is 3.18. The Bertz CT molecular complexity index is 623. The maximum Gasteiger partial charge on any atom is 0.226 e. The van der Waals surface area contributed by atoms with Crippen LogP contribution in [0.2, 0.25) is 5.02 Å². The van der Waals surface area contributed by atoms with Crippen LogP contribution in [0.3, 0.4) is 0 Å². The van der Waals surface area contributed by atoms with Crippen molar-refractivity contribution in [3.05, 3.63) is 17.2 Å². The zero-order valence-electron chi connectivity index (χ0n) is 16.1. The first-order valence-electron chi connectivity index (χ1n) is 8.40. The van der Waals surface area contributed by atoms with E-state index in [4.69, 9.17) is 21.1 Å². The van der Waals surface area contributed by atoms with Crippen molar-refractivity contribution in [3.8, 4) is 11.5 Å². The Kier molecular flexibility index (Phi) is 9.23. The Morgan fingerprint density at radius 3 is 2.27 bits per heavy atom. The average Bonchev–Trinajstić information content (AvgIpc) is 2.58. The zero-order valence-corrected chi connectivity index (χ0v) is 16.9. The number of benzene rings is 1. The standard InChI is InChI=1S/C18H28ClN3O4/c1-13(23)22(9-6-8-21(2)3)10-7-18(24)20-15-12-16(25-4)14(19)11-17(15)26-5/h11-12H,6-10H2,1-5H3,(H,20,24). The Labute approximate surface area is 160 Å². The van der Waals surface area contributed by atoms with Gasteiger partial charge in [0.15, 0.2) is 0 Å². The summed E-state index contributed by atoms with van der Waals surface area (Å²) in [5.41, 5.74) is 0.473. The van der Waals surface area contributed by atoms with Gasteiger partial charge in [-0.1, -0.05) is 11.6 Å². The van der Waals surface area contributed by atoms with Crippen LogP contribution in [0.4, 0.5) is 5.69 Å². The summed E-state index contributed by atoms with van der Waals surface area (Å²) in [5.74, 6) is 0.629. The summed E-state index contributed by atoms with van der Waals surface area (Å²) in [6, 6.07) is 3.19. The normalized spacial score (nSPS) is 10.6. The van der Waals surface area contributed by atoms with Crippen LogP contribution in [0.1, 0.15) is 19.8 Å². The third-order valence-corrected chi connectivity index (χ3v) is 4.13. The lowest BCUT2D eigenvalue weighted by Gasteiger charge is -2.22. The van der Waals surface area contributed by atoms with Crippen molar-refractivity contribution in [2.75, 3.05) is 53.3 Å². The molecule has 8 heteroatoms. The first-order chi connectivity index (χ1) is 12.3. The van der Waals surface area contributed by atoms with Crippen molar-refractivity contribution < 1.29 is 19.1 Å². The number of ether oxygens (including phenoxy) is 2. The monoisotopic (exact) mass is 385 g/mol. The minimum absolute atomic E-state index is 0.0395. The van der Waals surface area contributed by atoms with Gasteiger partial charge in [-0.25, -0.2) is 0 Å². The van der Waals surface area contributed by atoms with Crippen molar-refractivity contribution in [2.24, 2.45) is 0 Å². The van der Waals surface area contributed by atoms with Crippen LogP contribution in [0.5, 0.6) is 11.5 Å². The molecule has 0 heterocycles. The molecule has 0 atom stereocenters. The molecule has 26 heavy (non-hydrogen) atoms. The number of hydrogen-bond donors (Lipinski definition) is 1. The van der Waals surface area contributed by atoms with E-state index < -0.39 is 0 Å². The molecule has 0 fully saturated rings. The van der Waals surface area contributed by atoms with Gasteiger partial charge in [0.2, 0.25) is 11.8 Å². The maximum atomic E-state index is 12.3. The molecule has 0 aromatic heterocycles. The molecule has 1 aromatic carbocycles. The fourth-order valence-corrected chi connectivity index (χ4v) is 2.64. The second kappa shape index (κ2) is 10.9. The Morgan fingerprint density at radius 1 is 1.08 bits per heavy atom. The second-order valence-electron chi connectivity index (χ2n) is 6.15. The Hall–Kier alpha value is -1.99. The molecule has 1 rings (SSSR count). The minimum atomic E-state index is -0.216. The lowest BCUT2D eigenvalue weighted by atomic mass is 10.2. The molecular formula is C18H28ClN3O4. The summed E-state index contributed by atoms with van der Waals surface area (Å²) in [6.07, 6.45) is 1.05. The molecule has 7 nitrogen and oxygen atoms in total. The molecule has 0 aliphatic carbocycles. The number of carbonyl (C=O) groups excluding carboxylic acids is 2. The molecule has 0 aliphatic rings. The molecule has 0 spiro atoms. The van der Waals surface area contributed by atoms with Gasteiger partial charge in [-0.05, 0) is 27.1 Å². The molecule has 0 radical (unpaired) electrons. The quantitative estimate of drug-likeness (QED) is 0.670. The first kappa shape index (κ1) is 22.1. The van der Waals surface area contributed by atoms with Crippen molar-refractivity contribution in [2.45, 2.75) is 19.8 Å². The molecule has 1 N–H and O–H groups in total. The van der Waals surface area contributed by atoms with Crippen molar-refractivity contribution in [1.82, 2.24) is 9.80 Å². The van der Waals surface area contributed by atoms with Gasteiger partial charge in [-0.3, -0.25) is 9.59 Å². The van der Waals surface area contributed by atoms with E-state index in [9.17, 15) is 9.59 Å². The summed E-state index contributed by atoms with van der Waals surface area (Å²) >= 11 is 6.06. The van der Waals surface area contributed by atoms with Crippen LogP contribution in [-0.4, -0.2) is 69.6 Å². The topological polar surface area (TPSA) is 71.1 Å². The van der Waals surface area contributed by atoms with Crippen molar-refractivity contribution in [3.63, 3.8) is 0 Å². The number of nitrogens with zero attached hydrogens (tertiary/aromatic N) is 2. The van der Waals surface area contributed by atoms with E-state index in [0.29, 0.717) is 35.3 Å². The van der Waals surface area contributed by atoms with Gasteiger partial charge in [0, 0.05) is 38.6 Å². The van der Waals surface area contributed by atoms with E-state index in [0.717, 1.165) is 13.0 Å². The van der Waals surface area contributed by atoms with Crippen LogP contribution in [-0.2, 0) is 9.59 Å². The van der Waals surface area contributed by atoms with Crippen LogP contribution in [0.25, 0.3) is 0 Å². The Morgan fingerprint density at radius 2 is 1.73 bits per heavy atom. The number of methoxy groups -OCH3 is 2. The summed E-state index contributed by atoms with van der Waals surface area (Å²) in [6.45, 7) is 3.39. The number of carbonyl (C=O) groups is 2. The third-order valence-electron chi connectivity index (χ3n) is 3.84. The van der Waals surface area contributed by atoms with E-state index in [1.165, 1.54) is 21.1 Å². The van der Waals surface area contributed by atoms with Crippen LogP contribution in [0.15, 0.2) is 12.1 Å². The van der Waals surface area contributed by atoms with Gasteiger partial charge in [0.1, 0.15) is 11.5 Å². The molecular weight excluding hydrogens is 358 g/mol. The minimum Gasteiger partial charge on any atom is -0.495 e. The van der Waals surface area contributed by atoms with Crippen molar-refractivity contribution >= 4 is 29.1 Å². The summed E-state index contributed by atoms with van der Waals surface area (Å²) in [4.78, 5) is 27.8. The van der Waals surface area contributed by atoms with Crippen LogP contribution < -0.4 is 14.8 Å². The fourth-order valence-electron chi connectivity index (χ4n) is 2.41. The molecule has 0 unspecified atom stereocenters. The van der Waals surface area contributed by atoms with Crippen molar-refractivity contribution in [1.29, 1.82) is 0 Å². The highest BCUT2D eigenvalue weighted by atomic mass is 35.5. The van der Waals surface area contributed by atoms with Gasteiger partial charge in [-0.2, -0.15) is 0 Å². The SMILES string of the molecule is COc1cc(NC(=O)CCN(CCCN(C)C)C(C)=O)c(OC)cc1Cl. The molecule has 146 valence electrons. The number of halogens is 1. The van der Waals surface area contributed by atoms with E-state index in [1.807, 2.05) is 14.1 Å². The number of anilines is 1. The average molecular weight is 386 g/mol. The smallest absolute Gasteiger partial charge is 0.226 e. The van der Waals surface area contributed by atoms with Gasteiger partial charge in [-0.15, -0.1) is 0 Å². The fraction of sp³-hybridized carbons (Fsp3) is 0.556. The predicted octanol–water partition coefficient (Wildman–Crippen LogP) is 2.49. The Balaban J connectivity index is 2.66. The molecule has 1 aromatic rings. The number of amides is 2. The first-order valence-corrected chi connectivity index (χ1v) is 8.77. The van der Waals surface area contributed by atoms with Crippen LogP contribution >= 0.6 is 11.6 Å². The number of hydrogen-bond acceptors (Lipinski definition) is 5. The number of nitrogens with one attached hydrogen (secondary N) is 1. The van der Waals surface area contributed by atoms with E-state index in [2.05, 4.69) is 10.2 Å². The molecule has 0 saturated heterocycles. The van der Waals surface area contributed by atoms with E-state index in [-0.39, 0.29) is 18.2 Å². The lowest BCUT2D eigenvalue weighted by Crippen LogP contribution is -2.34. The highest BCUT2D eigenvalue weighted by Crippen LogP contribution is 2.35. The summed E-state index contributed by atoms with van der Waals surface area (Å²) in [7, 11) is 6.96. The van der Waals surface area contributed by atoms with Gasteiger partial charge in [0.25, 0.3) is 0 Å². The van der Waals surface area contributed by atoms with E-state index >= 15 is 0 Å². The second-order valence-corrected chi connectivity index (χ2v) is 6.56. The zero-order chi connectivity index (χ0) is 19.7. The van der Waals surface area contributed by atoms with Gasteiger partial charge < -0.3 is 24.6 Å². The number of rotatable bonds is 10. The predicted molar refractivity (Wildman–Crippen MR) is 103 cm³/mol. The molecule has 0 saturated carbocycles. The lowest BCUT2D eigenvalue weighted by molar-refractivity contribution is -0.129. The molecule has 0 bridgehead atoms. The third kappa shape index (κ3) is 7.09. The maximum absolute atomic E-state index is 12.3. The van der Waals surface area contributed by atoms with Crippen LogP contribution in [0, 0.1) is 0 Å². The van der Waals surface area contributed by atoms with E-state index in [1.54, 1.807) is 17.0 Å². The van der Waals surface area contributed by atoms with Gasteiger partial charge in [0.05, 0.1) is 24.9 Å². The van der Waals surface area contributed by atoms with Gasteiger partial charge >= 0.3 is 0 Å². The largest absolute Gasteiger partial charge is 0.495 e. The highest BCUT2D eigenvalue weighted by molar-refractivity contribution is 6.32. The molecule has 2 amide bonds. The molecule has 0 aliphatic heterocycles. The highest BCUT2D eigenvalue weighted by Gasteiger charge is 2.15. The summed E-state index contributed by atoms with van der Waals surface area (Å²) < 4.78 is 10.4.